The molecule has 0 heterocycles. The summed E-state index contributed by atoms with van der Waals surface area (Å²) in [7, 11) is 4.00. The molecule has 0 aliphatic carbocycles. The van der Waals surface area contributed by atoms with Crippen LogP contribution in [0.4, 0.5) is 5.69 Å². The highest BCUT2D eigenvalue weighted by atomic mass is 16.5. The molecule has 0 radical (unpaired) electrons. The van der Waals surface area contributed by atoms with Gasteiger partial charge in [0, 0.05) is 12.2 Å². The van der Waals surface area contributed by atoms with Crippen LogP contribution in [0.1, 0.15) is 18.1 Å². The smallest absolute Gasteiger partial charge is 0.262 e. The predicted octanol–water partition coefficient (Wildman–Crippen LogP) is 3.47. The summed E-state index contributed by atoms with van der Waals surface area (Å²) in [5.74, 6) is 1.01. The van der Waals surface area contributed by atoms with Gasteiger partial charge in [0.1, 0.15) is 0 Å². The highest BCUT2D eigenvalue weighted by Crippen LogP contribution is 2.26. The SMILES string of the molecule is CCOc1ccccc1OCC(=O)Nc1ccc(C)cc1CN(C)C. The summed E-state index contributed by atoms with van der Waals surface area (Å²) < 4.78 is 11.1. The van der Waals surface area contributed by atoms with Crippen LogP contribution in [0.15, 0.2) is 42.5 Å². The number of ether oxygens (including phenoxy) is 2. The van der Waals surface area contributed by atoms with Crippen LogP contribution in [0.5, 0.6) is 11.5 Å². The van der Waals surface area contributed by atoms with Crippen molar-refractivity contribution >= 4 is 11.6 Å². The van der Waals surface area contributed by atoms with Gasteiger partial charge in [0.2, 0.25) is 0 Å². The third kappa shape index (κ3) is 5.80. The number of nitrogens with zero attached hydrogens (tertiary/aromatic N) is 1. The van der Waals surface area contributed by atoms with E-state index < -0.39 is 0 Å². The third-order valence-corrected chi connectivity index (χ3v) is 3.53. The Bertz CT molecular complexity index is 714. The molecule has 2 aromatic rings. The van der Waals surface area contributed by atoms with E-state index in [2.05, 4.69) is 16.3 Å². The van der Waals surface area contributed by atoms with Gasteiger partial charge >= 0.3 is 0 Å². The minimum absolute atomic E-state index is 0.0701. The normalized spacial score (nSPS) is 10.6. The number of benzene rings is 2. The number of amides is 1. The van der Waals surface area contributed by atoms with Crippen molar-refractivity contribution in [1.29, 1.82) is 0 Å². The summed E-state index contributed by atoms with van der Waals surface area (Å²) in [4.78, 5) is 14.4. The number of carbonyl (C=O) groups is 1. The van der Waals surface area contributed by atoms with E-state index in [9.17, 15) is 4.79 Å². The van der Waals surface area contributed by atoms with Crippen molar-refractivity contribution in [3.63, 3.8) is 0 Å². The Labute approximate surface area is 149 Å². The number of hydrogen-bond donors (Lipinski definition) is 1. The molecular weight excluding hydrogens is 316 g/mol. The Morgan fingerprint density at radius 1 is 1.08 bits per heavy atom. The van der Waals surface area contributed by atoms with E-state index in [0.29, 0.717) is 18.1 Å². The number of para-hydroxylation sites is 2. The van der Waals surface area contributed by atoms with Gasteiger partial charge in [0.15, 0.2) is 18.1 Å². The third-order valence-electron chi connectivity index (χ3n) is 3.53. The molecule has 5 nitrogen and oxygen atoms in total. The van der Waals surface area contributed by atoms with Crippen molar-refractivity contribution in [2.45, 2.75) is 20.4 Å². The summed E-state index contributed by atoms with van der Waals surface area (Å²) in [6.07, 6.45) is 0. The molecule has 0 unspecified atom stereocenters. The molecule has 0 fully saturated rings. The van der Waals surface area contributed by atoms with Gasteiger partial charge in [-0.2, -0.15) is 0 Å². The van der Waals surface area contributed by atoms with Crippen LogP contribution in [-0.4, -0.2) is 38.1 Å². The first kappa shape index (κ1) is 18.8. The Balaban J connectivity index is 2.01. The van der Waals surface area contributed by atoms with Gasteiger partial charge in [-0.15, -0.1) is 0 Å². The second-order valence-corrected chi connectivity index (χ2v) is 6.11. The van der Waals surface area contributed by atoms with Crippen LogP contribution in [0, 0.1) is 6.92 Å². The maximum absolute atomic E-state index is 12.3. The van der Waals surface area contributed by atoms with Gasteiger partial charge in [-0.3, -0.25) is 4.79 Å². The quantitative estimate of drug-likeness (QED) is 0.798. The Morgan fingerprint density at radius 2 is 1.76 bits per heavy atom. The van der Waals surface area contributed by atoms with E-state index in [0.717, 1.165) is 23.4 Å². The average molecular weight is 342 g/mol. The average Bonchev–Trinajstić information content (AvgIpc) is 2.56. The minimum atomic E-state index is -0.199. The fraction of sp³-hybridized carbons (Fsp3) is 0.350. The summed E-state index contributed by atoms with van der Waals surface area (Å²) in [5, 5.41) is 2.93. The molecule has 0 aromatic heterocycles. The first-order chi connectivity index (χ1) is 12.0. The Hall–Kier alpha value is -2.53. The van der Waals surface area contributed by atoms with E-state index in [1.807, 2.05) is 58.3 Å². The van der Waals surface area contributed by atoms with Crippen LogP contribution in [0.2, 0.25) is 0 Å². The molecule has 134 valence electrons. The maximum atomic E-state index is 12.3. The summed E-state index contributed by atoms with van der Waals surface area (Å²) in [6, 6.07) is 13.3. The molecule has 0 aliphatic rings. The minimum Gasteiger partial charge on any atom is -0.490 e. The molecule has 1 amide bonds. The van der Waals surface area contributed by atoms with E-state index in [1.54, 1.807) is 6.07 Å². The number of hydrogen-bond acceptors (Lipinski definition) is 4. The second-order valence-electron chi connectivity index (χ2n) is 6.11. The van der Waals surface area contributed by atoms with Crippen molar-refractivity contribution in [2.24, 2.45) is 0 Å². The summed E-state index contributed by atoms with van der Waals surface area (Å²) >= 11 is 0. The van der Waals surface area contributed by atoms with Crippen LogP contribution < -0.4 is 14.8 Å². The largest absolute Gasteiger partial charge is 0.490 e. The van der Waals surface area contributed by atoms with Gasteiger partial charge < -0.3 is 19.7 Å². The van der Waals surface area contributed by atoms with Crippen molar-refractivity contribution < 1.29 is 14.3 Å². The van der Waals surface area contributed by atoms with Gasteiger partial charge in [-0.1, -0.05) is 29.8 Å². The van der Waals surface area contributed by atoms with Crippen molar-refractivity contribution in [3.05, 3.63) is 53.6 Å². The second kappa shape index (κ2) is 9.08. The van der Waals surface area contributed by atoms with E-state index in [1.165, 1.54) is 0 Å². The molecule has 0 saturated carbocycles. The summed E-state index contributed by atoms with van der Waals surface area (Å²) in [6.45, 7) is 5.18. The van der Waals surface area contributed by atoms with Gasteiger partial charge in [0.05, 0.1) is 6.61 Å². The number of aryl methyl sites for hydroxylation is 1. The first-order valence-electron chi connectivity index (χ1n) is 8.38. The monoisotopic (exact) mass is 342 g/mol. The van der Waals surface area contributed by atoms with Gasteiger partial charge in [-0.05, 0) is 51.7 Å². The van der Waals surface area contributed by atoms with Crippen LogP contribution in [0.25, 0.3) is 0 Å². The molecule has 5 heteroatoms. The van der Waals surface area contributed by atoms with E-state index >= 15 is 0 Å². The van der Waals surface area contributed by atoms with Gasteiger partial charge in [-0.25, -0.2) is 0 Å². The lowest BCUT2D eigenvalue weighted by molar-refractivity contribution is -0.118. The van der Waals surface area contributed by atoms with Crippen molar-refractivity contribution in [1.82, 2.24) is 4.90 Å². The molecular formula is C20H26N2O3. The molecule has 0 atom stereocenters. The lowest BCUT2D eigenvalue weighted by Crippen LogP contribution is -2.22. The predicted molar refractivity (Wildman–Crippen MR) is 100 cm³/mol. The molecule has 0 spiro atoms. The zero-order valence-corrected chi connectivity index (χ0v) is 15.3. The standard InChI is InChI=1S/C20H26N2O3/c1-5-24-18-8-6-7-9-19(18)25-14-20(23)21-17-11-10-15(2)12-16(17)13-22(3)4/h6-12H,5,13-14H2,1-4H3,(H,21,23). The highest BCUT2D eigenvalue weighted by molar-refractivity contribution is 5.92. The molecule has 25 heavy (non-hydrogen) atoms. The van der Waals surface area contributed by atoms with E-state index in [-0.39, 0.29) is 12.5 Å². The molecule has 0 bridgehead atoms. The molecule has 0 saturated heterocycles. The number of anilines is 1. The fourth-order valence-electron chi connectivity index (χ4n) is 2.49. The Kier molecular flexibility index (Phi) is 6.83. The topological polar surface area (TPSA) is 50.8 Å². The summed E-state index contributed by atoms with van der Waals surface area (Å²) in [5.41, 5.74) is 3.05. The van der Waals surface area contributed by atoms with E-state index in [4.69, 9.17) is 9.47 Å². The zero-order valence-electron chi connectivity index (χ0n) is 15.3. The number of rotatable bonds is 8. The van der Waals surface area contributed by atoms with Crippen LogP contribution >= 0.6 is 0 Å². The van der Waals surface area contributed by atoms with Crippen LogP contribution in [0.3, 0.4) is 0 Å². The lowest BCUT2D eigenvalue weighted by atomic mass is 10.1. The van der Waals surface area contributed by atoms with Gasteiger partial charge in [0.25, 0.3) is 5.91 Å². The molecule has 2 aromatic carbocycles. The number of nitrogens with one attached hydrogen (secondary N) is 1. The molecule has 2 rings (SSSR count). The highest BCUT2D eigenvalue weighted by Gasteiger charge is 2.10. The van der Waals surface area contributed by atoms with Crippen LogP contribution in [-0.2, 0) is 11.3 Å². The maximum Gasteiger partial charge on any atom is 0.262 e. The lowest BCUT2D eigenvalue weighted by Gasteiger charge is -2.16. The molecule has 0 aliphatic heterocycles. The molecule has 1 N–H and O–H groups in total. The Morgan fingerprint density at radius 3 is 2.40 bits per heavy atom. The first-order valence-corrected chi connectivity index (χ1v) is 8.38. The fourth-order valence-corrected chi connectivity index (χ4v) is 2.49. The number of carbonyl (C=O) groups excluding carboxylic acids is 1. The zero-order chi connectivity index (χ0) is 18.2. The van der Waals surface area contributed by atoms with Crippen molar-refractivity contribution in [3.8, 4) is 11.5 Å². The van der Waals surface area contributed by atoms with Crippen molar-refractivity contribution in [2.75, 3.05) is 32.6 Å².